The van der Waals surface area contributed by atoms with Crippen LogP contribution in [0.5, 0.6) is 0 Å². The number of piperazine rings is 1. The molecule has 0 spiro atoms. The molecule has 0 unspecified atom stereocenters. The summed E-state index contributed by atoms with van der Waals surface area (Å²) in [4.78, 5) is 37.9. The van der Waals surface area contributed by atoms with E-state index in [2.05, 4.69) is 5.10 Å². The van der Waals surface area contributed by atoms with E-state index in [1.165, 1.54) is 10.9 Å². The predicted octanol–water partition coefficient (Wildman–Crippen LogP) is 2.41. The van der Waals surface area contributed by atoms with Crippen molar-refractivity contribution in [3.63, 3.8) is 0 Å². The van der Waals surface area contributed by atoms with Gasteiger partial charge in [-0.1, -0.05) is 23.7 Å². The minimum Gasteiger partial charge on any atom is -0.450 e. The predicted molar refractivity (Wildman–Crippen MR) is 104 cm³/mol. The largest absolute Gasteiger partial charge is 0.450 e. The maximum Gasteiger partial charge on any atom is 0.409 e. The third-order valence-electron chi connectivity index (χ3n) is 4.51. The fourth-order valence-electron chi connectivity index (χ4n) is 3.02. The first-order valence-electron chi connectivity index (χ1n) is 9.06. The number of benzene rings is 1. The number of nitro groups is 1. The summed E-state index contributed by atoms with van der Waals surface area (Å²) in [6.07, 6.45) is 1.03. The van der Waals surface area contributed by atoms with E-state index in [0.717, 1.165) is 5.56 Å². The first kappa shape index (κ1) is 20.6. The molecule has 1 aromatic carbocycles. The lowest BCUT2D eigenvalue weighted by Crippen LogP contribution is -2.50. The Morgan fingerprint density at radius 3 is 2.34 bits per heavy atom. The summed E-state index contributed by atoms with van der Waals surface area (Å²) in [6, 6.07) is 6.94. The molecule has 2 aromatic rings. The standard InChI is InChI=1S/C18H20ClN5O5/c1-2-29-18(26)22-9-7-21(8-10-22)17(25)14-5-3-13(4-6-14)11-23-12-15(19)16(20-23)24(27)28/h3-6,12H,2,7-11H2,1H3. The van der Waals surface area contributed by atoms with Gasteiger partial charge in [0.1, 0.15) is 0 Å². The first-order valence-corrected chi connectivity index (χ1v) is 9.44. The lowest BCUT2D eigenvalue weighted by Gasteiger charge is -2.34. The highest BCUT2D eigenvalue weighted by Crippen LogP contribution is 2.22. The highest BCUT2D eigenvalue weighted by atomic mass is 35.5. The summed E-state index contributed by atoms with van der Waals surface area (Å²) in [7, 11) is 0. The van der Waals surface area contributed by atoms with Gasteiger partial charge >= 0.3 is 11.9 Å². The van der Waals surface area contributed by atoms with E-state index in [9.17, 15) is 19.7 Å². The molecule has 0 bridgehead atoms. The number of hydrogen-bond donors (Lipinski definition) is 0. The third-order valence-corrected chi connectivity index (χ3v) is 4.78. The molecule has 1 fully saturated rings. The number of ether oxygens (including phenoxy) is 1. The number of hydrogen-bond acceptors (Lipinski definition) is 6. The zero-order chi connectivity index (χ0) is 21.0. The zero-order valence-electron chi connectivity index (χ0n) is 15.8. The summed E-state index contributed by atoms with van der Waals surface area (Å²) >= 11 is 5.80. The van der Waals surface area contributed by atoms with Gasteiger partial charge in [0.2, 0.25) is 0 Å². The molecule has 10 nitrogen and oxygen atoms in total. The summed E-state index contributed by atoms with van der Waals surface area (Å²) in [5.74, 6) is -0.502. The zero-order valence-corrected chi connectivity index (χ0v) is 16.5. The molecular formula is C18H20ClN5O5. The number of halogens is 1. The number of nitrogens with zero attached hydrogens (tertiary/aromatic N) is 5. The van der Waals surface area contributed by atoms with Crippen molar-refractivity contribution in [1.29, 1.82) is 0 Å². The number of carbonyl (C=O) groups excluding carboxylic acids is 2. The normalized spacial score (nSPS) is 14.0. The van der Waals surface area contributed by atoms with Gasteiger partial charge in [-0.25, -0.2) is 4.79 Å². The highest BCUT2D eigenvalue weighted by Gasteiger charge is 2.25. The van der Waals surface area contributed by atoms with Crippen LogP contribution >= 0.6 is 11.6 Å². The molecule has 1 aliphatic rings. The summed E-state index contributed by atoms with van der Waals surface area (Å²) in [6.45, 7) is 4.11. The minimum absolute atomic E-state index is 0.0243. The van der Waals surface area contributed by atoms with Crippen molar-refractivity contribution in [3.8, 4) is 0 Å². The number of carbonyl (C=O) groups is 2. The molecule has 29 heavy (non-hydrogen) atoms. The second-order valence-electron chi connectivity index (χ2n) is 6.43. The van der Waals surface area contributed by atoms with Crippen molar-refractivity contribution in [2.24, 2.45) is 0 Å². The summed E-state index contributed by atoms with van der Waals surface area (Å²) < 4.78 is 6.36. The Kier molecular flexibility index (Phi) is 6.32. The highest BCUT2D eigenvalue weighted by molar-refractivity contribution is 6.32. The van der Waals surface area contributed by atoms with E-state index < -0.39 is 4.92 Å². The van der Waals surface area contributed by atoms with E-state index in [-0.39, 0.29) is 22.8 Å². The maximum atomic E-state index is 12.7. The molecule has 0 saturated carbocycles. The molecule has 2 heterocycles. The van der Waals surface area contributed by atoms with Crippen LogP contribution < -0.4 is 0 Å². The van der Waals surface area contributed by atoms with Crippen LogP contribution in [0.4, 0.5) is 10.6 Å². The van der Waals surface area contributed by atoms with Gasteiger partial charge in [-0.3, -0.25) is 4.79 Å². The molecule has 1 aromatic heterocycles. The van der Waals surface area contributed by atoms with Gasteiger partial charge in [0.05, 0.1) is 24.4 Å². The third kappa shape index (κ3) is 4.83. The van der Waals surface area contributed by atoms with Gasteiger partial charge in [0, 0.05) is 31.7 Å². The van der Waals surface area contributed by atoms with Crippen LogP contribution in [0, 0.1) is 10.1 Å². The number of amides is 2. The molecule has 1 aliphatic heterocycles. The maximum absolute atomic E-state index is 12.7. The van der Waals surface area contributed by atoms with Gasteiger partial charge in [-0.2, -0.15) is 4.68 Å². The minimum atomic E-state index is -0.637. The van der Waals surface area contributed by atoms with Crippen LogP contribution in [0.15, 0.2) is 30.5 Å². The van der Waals surface area contributed by atoms with E-state index in [4.69, 9.17) is 16.3 Å². The summed E-state index contributed by atoms with van der Waals surface area (Å²) in [5.41, 5.74) is 1.35. The molecule has 0 aliphatic carbocycles. The fraction of sp³-hybridized carbons (Fsp3) is 0.389. The molecule has 0 N–H and O–H groups in total. The Hall–Kier alpha value is -3.14. The van der Waals surface area contributed by atoms with Gasteiger partial charge in [-0.05, 0) is 29.5 Å². The molecule has 3 rings (SSSR count). The first-order chi connectivity index (χ1) is 13.9. The second kappa shape index (κ2) is 8.91. The topological polar surface area (TPSA) is 111 Å². The van der Waals surface area contributed by atoms with E-state index in [1.54, 1.807) is 41.0 Å². The number of rotatable bonds is 5. The van der Waals surface area contributed by atoms with E-state index in [0.29, 0.717) is 44.9 Å². The van der Waals surface area contributed by atoms with Crippen LogP contribution in [0.2, 0.25) is 5.02 Å². The van der Waals surface area contributed by atoms with Gasteiger partial charge in [-0.15, -0.1) is 0 Å². The quantitative estimate of drug-likeness (QED) is 0.541. The van der Waals surface area contributed by atoms with Crippen LogP contribution in [-0.2, 0) is 11.3 Å². The average Bonchev–Trinajstić information content (AvgIpc) is 3.08. The Labute approximate surface area is 171 Å². The van der Waals surface area contributed by atoms with Crippen LogP contribution in [-0.4, -0.2) is 69.3 Å². The lowest BCUT2D eigenvalue weighted by atomic mass is 10.1. The van der Waals surface area contributed by atoms with Crippen molar-refractivity contribution >= 4 is 29.4 Å². The molecule has 2 amide bonds. The molecular weight excluding hydrogens is 402 g/mol. The molecule has 11 heteroatoms. The van der Waals surface area contributed by atoms with Crippen LogP contribution in [0.3, 0.4) is 0 Å². The molecule has 154 valence electrons. The smallest absolute Gasteiger partial charge is 0.409 e. The van der Waals surface area contributed by atoms with Crippen molar-refractivity contribution in [2.75, 3.05) is 32.8 Å². The monoisotopic (exact) mass is 421 g/mol. The Morgan fingerprint density at radius 2 is 1.79 bits per heavy atom. The SMILES string of the molecule is CCOC(=O)N1CCN(C(=O)c2ccc(Cn3cc(Cl)c([N+](=O)[O-])n3)cc2)CC1. The van der Waals surface area contributed by atoms with Crippen LogP contribution in [0.1, 0.15) is 22.8 Å². The van der Waals surface area contributed by atoms with Crippen molar-refractivity contribution in [2.45, 2.75) is 13.5 Å². The van der Waals surface area contributed by atoms with Gasteiger partial charge in [0.25, 0.3) is 5.91 Å². The van der Waals surface area contributed by atoms with Crippen molar-refractivity contribution in [3.05, 3.63) is 56.7 Å². The fourth-order valence-corrected chi connectivity index (χ4v) is 3.24. The van der Waals surface area contributed by atoms with Crippen molar-refractivity contribution < 1.29 is 19.2 Å². The summed E-state index contributed by atoms with van der Waals surface area (Å²) in [5, 5.41) is 14.6. The van der Waals surface area contributed by atoms with Gasteiger partial charge < -0.3 is 24.7 Å². The second-order valence-corrected chi connectivity index (χ2v) is 6.84. The molecule has 0 atom stereocenters. The van der Waals surface area contributed by atoms with Crippen molar-refractivity contribution in [1.82, 2.24) is 19.6 Å². The number of aromatic nitrogens is 2. The van der Waals surface area contributed by atoms with E-state index >= 15 is 0 Å². The molecule has 1 saturated heterocycles. The molecule has 0 radical (unpaired) electrons. The van der Waals surface area contributed by atoms with E-state index in [1.807, 2.05) is 0 Å². The Balaban J connectivity index is 1.59. The Bertz CT molecular complexity index is 906. The Morgan fingerprint density at radius 1 is 1.17 bits per heavy atom. The van der Waals surface area contributed by atoms with Crippen LogP contribution in [0.25, 0.3) is 0 Å². The lowest BCUT2D eigenvalue weighted by molar-refractivity contribution is -0.389. The average molecular weight is 422 g/mol. The van der Waals surface area contributed by atoms with Gasteiger partial charge in [0.15, 0.2) is 5.02 Å².